The van der Waals surface area contributed by atoms with Gasteiger partial charge in [-0.05, 0) is 18.2 Å². The van der Waals surface area contributed by atoms with Crippen LogP contribution in [0.5, 0.6) is 0 Å². The molecule has 1 heterocycles. The molecule has 3 N–H and O–H groups in total. The van der Waals surface area contributed by atoms with Crippen LogP contribution in [0.2, 0.25) is 0 Å². The van der Waals surface area contributed by atoms with Crippen LogP contribution in [0.4, 0.5) is 10.1 Å². The number of nitrogens with zero attached hydrogens (tertiary/aromatic N) is 2. The number of nitrogens with one attached hydrogen (secondary N) is 1. The van der Waals surface area contributed by atoms with Crippen LogP contribution in [-0.4, -0.2) is 22.0 Å². The van der Waals surface area contributed by atoms with E-state index in [0.29, 0.717) is 18.8 Å². The second kappa shape index (κ2) is 5.31. The third-order valence-corrected chi connectivity index (χ3v) is 2.45. The lowest BCUT2D eigenvalue weighted by Crippen LogP contribution is -2.27. The van der Waals surface area contributed by atoms with Crippen LogP contribution in [0.25, 0.3) is 0 Å². The summed E-state index contributed by atoms with van der Waals surface area (Å²) < 4.78 is 15.2. The number of anilines is 1. The van der Waals surface area contributed by atoms with E-state index >= 15 is 0 Å². The summed E-state index contributed by atoms with van der Waals surface area (Å²) in [6.07, 6.45) is 5.08. The molecule has 0 radical (unpaired) electrons. The Kier molecular flexibility index (Phi) is 3.57. The Morgan fingerprint density at radius 1 is 1.50 bits per heavy atom. The van der Waals surface area contributed by atoms with E-state index in [9.17, 15) is 9.18 Å². The minimum absolute atomic E-state index is 0.0411. The number of imidazole rings is 1. The van der Waals surface area contributed by atoms with Crippen molar-refractivity contribution >= 4 is 11.6 Å². The Hall–Kier alpha value is -2.37. The standard InChI is InChI=1S/C12H13FN4O/c13-11-2-1-9(14)7-10(11)12(18)16-4-6-17-5-3-15-8-17/h1-3,5,7-8H,4,6,14H2,(H,16,18). The molecule has 0 bridgehead atoms. The second-order valence-corrected chi connectivity index (χ2v) is 3.80. The largest absolute Gasteiger partial charge is 0.399 e. The van der Waals surface area contributed by atoms with Crippen LogP contribution in [-0.2, 0) is 6.54 Å². The summed E-state index contributed by atoms with van der Waals surface area (Å²) in [4.78, 5) is 15.6. The van der Waals surface area contributed by atoms with Gasteiger partial charge in [-0.3, -0.25) is 4.79 Å². The molecule has 2 aromatic rings. The summed E-state index contributed by atoms with van der Waals surface area (Å²) in [5.74, 6) is -1.05. The van der Waals surface area contributed by atoms with Gasteiger partial charge in [-0.15, -0.1) is 0 Å². The molecule has 0 unspecified atom stereocenters. The number of rotatable bonds is 4. The smallest absolute Gasteiger partial charge is 0.254 e. The predicted molar refractivity (Wildman–Crippen MR) is 65.4 cm³/mol. The first kappa shape index (κ1) is 12.1. The normalized spacial score (nSPS) is 10.3. The molecule has 0 saturated heterocycles. The Labute approximate surface area is 103 Å². The van der Waals surface area contributed by atoms with Gasteiger partial charge in [0.1, 0.15) is 5.82 Å². The first-order valence-corrected chi connectivity index (χ1v) is 5.46. The van der Waals surface area contributed by atoms with E-state index in [2.05, 4.69) is 10.3 Å². The zero-order valence-corrected chi connectivity index (χ0v) is 9.64. The lowest BCUT2D eigenvalue weighted by molar-refractivity contribution is 0.0948. The summed E-state index contributed by atoms with van der Waals surface area (Å²) in [7, 11) is 0. The number of halogens is 1. The molecule has 0 spiro atoms. The zero-order valence-electron chi connectivity index (χ0n) is 9.64. The molecule has 5 nitrogen and oxygen atoms in total. The Morgan fingerprint density at radius 2 is 2.33 bits per heavy atom. The van der Waals surface area contributed by atoms with E-state index in [4.69, 9.17) is 5.73 Å². The molecule has 2 rings (SSSR count). The van der Waals surface area contributed by atoms with Crippen molar-refractivity contribution in [2.24, 2.45) is 0 Å². The van der Waals surface area contributed by atoms with Crippen LogP contribution in [0.15, 0.2) is 36.9 Å². The fourth-order valence-electron chi connectivity index (χ4n) is 1.53. The van der Waals surface area contributed by atoms with Crippen LogP contribution in [0.1, 0.15) is 10.4 Å². The molecule has 1 aromatic heterocycles. The lowest BCUT2D eigenvalue weighted by atomic mass is 10.2. The molecule has 0 aliphatic rings. The third kappa shape index (κ3) is 2.85. The summed E-state index contributed by atoms with van der Waals surface area (Å²) >= 11 is 0. The minimum Gasteiger partial charge on any atom is -0.399 e. The zero-order chi connectivity index (χ0) is 13.0. The van der Waals surface area contributed by atoms with Crippen molar-refractivity contribution in [3.8, 4) is 0 Å². The summed E-state index contributed by atoms with van der Waals surface area (Å²) in [5, 5.41) is 2.62. The Morgan fingerprint density at radius 3 is 3.06 bits per heavy atom. The highest BCUT2D eigenvalue weighted by atomic mass is 19.1. The van der Waals surface area contributed by atoms with Gasteiger partial charge in [-0.2, -0.15) is 0 Å². The minimum atomic E-state index is -0.579. The molecule has 0 saturated carbocycles. The Bertz CT molecular complexity index is 539. The van der Waals surface area contributed by atoms with Crippen molar-refractivity contribution in [2.45, 2.75) is 6.54 Å². The van der Waals surface area contributed by atoms with E-state index in [-0.39, 0.29) is 5.56 Å². The average Bonchev–Trinajstić information content (AvgIpc) is 2.85. The first-order chi connectivity index (χ1) is 8.66. The van der Waals surface area contributed by atoms with E-state index in [1.807, 2.05) is 4.57 Å². The number of nitrogens with two attached hydrogens (primary N) is 1. The summed E-state index contributed by atoms with van der Waals surface area (Å²) in [6.45, 7) is 0.971. The quantitative estimate of drug-likeness (QED) is 0.794. The second-order valence-electron chi connectivity index (χ2n) is 3.80. The topological polar surface area (TPSA) is 72.9 Å². The lowest BCUT2D eigenvalue weighted by Gasteiger charge is -2.07. The number of hydrogen-bond acceptors (Lipinski definition) is 3. The van der Waals surface area contributed by atoms with Crippen LogP contribution in [0.3, 0.4) is 0 Å². The number of aromatic nitrogens is 2. The first-order valence-electron chi connectivity index (χ1n) is 5.46. The van der Waals surface area contributed by atoms with Gasteiger partial charge in [-0.25, -0.2) is 9.37 Å². The summed E-state index contributed by atoms with van der Waals surface area (Å²) in [5.41, 5.74) is 5.83. The molecular formula is C12H13FN4O. The number of nitrogen functional groups attached to an aromatic ring is 1. The van der Waals surface area contributed by atoms with Gasteiger partial charge in [0.2, 0.25) is 0 Å². The molecule has 0 atom stereocenters. The van der Waals surface area contributed by atoms with Gasteiger partial charge < -0.3 is 15.6 Å². The van der Waals surface area contributed by atoms with Crippen molar-refractivity contribution < 1.29 is 9.18 Å². The average molecular weight is 248 g/mol. The van der Waals surface area contributed by atoms with Crippen molar-refractivity contribution in [3.63, 3.8) is 0 Å². The number of amides is 1. The third-order valence-electron chi connectivity index (χ3n) is 2.45. The van der Waals surface area contributed by atoms with E-state index in [0.717, 1.165) is 0 Å². The van der Waals surface area contributed by atoms with Crippen LogP contribution < -0.4 is 11.1 Å². The maximum absolute atomic E-state index is 13.4. The van der Waals surface area contributed by atoms with E-state index in [1.54, 1.807) is 18.7 Å². The molecule has 0 fully saturated rings. The highest BCUT2D eigenvalue weighted by Crippen LogP contribution is 2.11. The van der Waals surface area contributed by atoms with Gasteiger partial charge in [-0.1, -0.05) is 0 Å². The van der Waals surface area contributed by atoms with Crippen molar-refractivity contribution in [1.29, 1.82) is 0 Å². The van der Waals surface area contributed by atoms with Crippen molar-refractivity contribution in [2.75, 3.05) is 12.3 Å². The molecule has 18 heavy (non-hydrogen) atoms. The van der Waals surface area contributed by atoms with Gasteiger partial charge in [0, 0.05) is 31.2 Å². The van der Waals surface area contributed by atoms with Crippen LogP contribution >= 0.6 is 0 Å². The van der Waals surface area contributed by atoms with Gasteiger partial charge in [0.15, 0.2) is 0 Å². The number of carbonyl (C=O) groups excluding carboxylic acids is 1. The van der Waals surface area contributed by atoms with Gasteiger partial charge >= 0.3 is 0 Å². The predicted octanol–water partition coefficient (Wildman–Crippen LogP) is 1.03. The fraction of sp³-hybridized carbons (Fsp3) is 0.167. The van der Waals surface area contributed by atoms with Gasteiger partial charge in [0.25, 0.3) is 5.91 Å². The SMILES string of the molecule is Nc1ccc(F)c(C(=O)NCCn2ccnc2)c1. The number of carbonyl (C=O) groups is 1. The highest BCUT2D eigenvalue weighted by Gasteiger charge is 2.11. The number of benzene rings is 1. The molecular weight excluding hydrogens is 235 g/mol. The monoisotopic (exact) mass is 248 g/mol. The molecule has 1 amide bonds. The molecule has 0 aliphatic carbocycles. The van der Waals surface area contributed by atoms with E-state index < -0.39 is 11.7 Å². The molecule has 0 aliphatic heterocycles. The molecule has 6 heteroatoms. The molecule has 1 aromatic carbocycles. The van der Waals surface area contributed by atoms with Crippen molar-refractivity contribution in [3.05, 3.63) is 48.3 Å². The Balaban J connectivity index is 1.93. The highest BCUT2D eigenvalue weighted by molar-refractivity contribution is 5.95. The fourth-order valence-corrected chi connectivity index (χ4v) is 1.53. The van der Waals surface area contributed by atoms with Crippen LogP contribution in [0, 0.1) is 5.82 Å². The van der Waals surface area contributed by atoms with Gasteiger partial charge in [0.05, 0.1) is 11.9 Å². The maximum Gasteiger partial charge on any atom is 0.254 e. The number of hydrogen-bond donors (Lipinski definition) is 2. The summed E-state index contributed by atoms with van der Waals surface area (Å²) in [6, 6.07) is 3.92. The maximum atomic E-state index is 13.4. The van der Waals surface area contributed by atoms with Crippen molar-refractivity contribution in [1.82, 2.24) is 14.9 Å². The molecule has 94 valence electrons. The van der Waals surface area contributed by atoms with E-state index in [1.165, 1.54) is 18.2 Å².